The molecule has 19 heavy (non-hydrogen) atoms. The fourth-order valence-corrected chi connectivity index (χ4v) is 6.17. The zero-order valence-electron chi connectivity index (χ0n) is 12.0. The quantitative estimate of drug-likeness (QED) is 0.652. The lowest BCUT2D eigenvalue weighted by Crippen LogP contribution is -2.27. The van der Waals surface area contributed by atoms with Crippen molar-refractivity contribution < 1.29 is 4.74 Å². The highest BCUT2D eigenvalue weighted by molar-refractivity contribution is 8.22. The Morgan fingerprint density at radius 1 is 0.947 bits per heavy atom. The lowest BCUT2D eigenvalue weighted by Gasteiger charge is -2.36. The lowest BCUT2D eigenvalue weighted by molar-refractivity contribution is 0.0637. The summed E-state index contributed by atoms with van der Waals surface area (Å²) in [5.74, 6) is 6.67. The van der Waals surface area contributed by atoms with Crippen LogP contribution >= 0.6 is 23.5 Å². The lowest BCUT2D eigenvalue weighted by atomic mass is 9.74. The van der Waals surface area contributed by atoms with Gasteiger partial charge in [0.25, 0.3) is 0 Å². The van der Waals surface area contributed by atoms with E-state index in [1.54, 1.807) is 0 Å². The summed E-state index contributed by atoms with van der Waals surface area (Å²) in [6, 6.07) is 0. The molecule has 0 radical (unpaired) electrons. The van der Waals surface area contributed by atoms with Gasteiger partial charge in [-0.25, -0.2) is 0 Å². The van der Waals surface area contributed by atoms with E-state index in [1.165, 1.54) is 66.4 Å². The molecule has 108 valence electrons. The van der Waals surface area contributed by atoms with E-state index in [9.17, 15) is 0 Å². The molecule has 0 N–H and O–H groups in total. The molecule has 0 spiro atoms. The van der Waals surface area contributed by atoms with Gasteiger partial charge < -0.3 is 4.74 Å². The van der Waals surface area contributed by atoms with E-state index in [1.807, 2.05) is 23.5 Å². The van der Waals surface area contributed by atoms with Gasteiger partial charge in [-0.1, -0.05) is 19.8 Å². The summed E-state index contributed by atoms with van der Waals surface area (Å²) in [6.07, 6.45) is 9.72. The molecule has 0 aromatic rings. The number of thioether (sulfide) groups is 2. The molecular formula is C16H26OS2. The minimum absolute atomic E-state index is 0.843. The number of hydrogen-bond acceptors (Lipinski definition) is 3. The summed E-state index contributed by atoms with van der Waals surface area (Å²) in [4.78, 5) is 0. The van der Waals surface area contributed by atoms with Gasteiger partial charge in [-0.2, -0.15) is 0 Å². The maximum Gasteiger partial charge on any atom is 0.116 e. The highest BCUT2D eigenvalue weighted by Gasteiger charge is 2.30. The first kappa shape index (κ1) is 14.2. The summed E-state index contributed by atoms with van der Waals surface area (Å²) in [6.45, 7) is 3.41. The summed E-state index contributed by atoms with van der Waals surface area (Å²) in [5, 5.41) is 0. The second-order valence-electron chi connectivity index (χ2n) is 6.39. The Balaban J connectivity index is 1.51. The minimum atomic E-state index is 0.843. The first-order valence-corrected chi connectivity index (χ1v) is 9.91. The monoisotopic (exact) mass is 298 g/mol. The molecule has 2 saturated heterocycles. The zero-order chi connectivity index (χ0) is 13.1. The third-order valence-electron chi connectivity index (χ3n) is 4.92. The summed E-state index contributed by atoms with van der Waals surface area (Å²) < 4.78 is 7.65. The van der Waals surface area contributed by atoms with E-state index in [4.69, 9.17) is 4.74 Å². The van der Waals surface area contributed by atoms with Crippen LogP contribution in [0.1, 0.15) is 51.9 Å². The van der Waals surface area contributed by atoms with E-state index in [2.05, 4.69) is 6.92 Å². The van der Waals surface area contributed by atoms with Crippen molar-refractivity contribution >= 4 is 23.5 Å². The van der Waals surface area contributed by atoms with Gasteiger partial charge in [0.05, 0.1) is 10.8 Å². The Morgan fingerprint density at radius 3 is 2.32 bits per heavy atom. The number of rotatable bonds is 1. The topological polar surface area (TPSA) is 9.23 Å². The maximum absolute atomic E-state index is 6.15. The van der Waals surface area contributed by atoms with E-state index < -0.39 is 0 Å². The summed E-state index contributed by atoms with van der Waals surface area (Å²) >= 11 is 4.05. The van der Waals surface area contributed by atoms with Gasteiger partial charge in [0.1, 0.15) is 5.76 Å². The van der Waals surface area contributed by atoms with Gasteiger partial charge in [-0.05, 0) is 54.9 Å². The fraction of sp³-hybridized carbons (Fsp3) is 0.875. The molecule has 1 aliphatic carbocycles. The smallest absolute Gasteiger partial charge is 0.116 e. The van der Waals surface area contributed by atoms with Crippen LogP contribution in [0.4, 0.5) is 0 Å². The molecule has 0 aromatic carbocycles. The largest absolute Gasteiger partial charge is 0.496 e. The van der Waals surface area contributed by atoms with Crippen LogP contribution in [0.15, 0.2) is 10.00 Å². The van der Waals surface area contributed by atoms with Crippen molar-refractivity contribution in [2.75, 3.05) is 18.1 Å². The summed E-state index contributed by atoms with van der Waals surface area (Å²) in [5.41, 5.74) is 0. The Morgan fingerprint density at radius 2 is 1.68 bits per heavy atom. The second kappa shape index (κ2) is 6.80. The molecule has 1 nitrogen and oxygen atoms in total. The standard InChI is InChI=1S/C16H26OS2/c1-12-3-5-13(6-4-12)14-7-8-15(17-11-14)16-18-9-2-10-19-16/h12-14H,2-11H2,1H3. The van der Waals surface area contributed by atoms with Crippen LogP contribution in [0, 0.1) is 17.8 Å². The Kier molecular flexibility index (Phi) is 5.08. The third-order valence-corrected chi connectivity index (χ3v) is 7.60. The first-order valence-electron chi connectivity index (χ1n) is 7.94. The van der Waals surface area contributed by atoms with E-state index in [0.29, 0.717) is 0 Å². The van der Waals surface area contributed by atoms with Crippen molar-refractivity contribution in [3.05, 3.63) is 10.00 Å². The highest BCUT2D eigenvalue weighted by atomic mass is 32.2. The molecule has 1 unspecified atom stereocenters. The molecule has 0 amide bonds. The fourth-order valence-electron chi connectivity index (χ4n) is 3.56. The van der Waals surface area contributed by atoms with Crippen LogP contribution in [-0.2, 0) is 4.74 Å². The van der Waals surface area contributed by atoms with Crippen LogP contribution in [0.2, 0.25) is 0 Å². The Bertz CT molecular complexity index is 314. The van der Waals surface area contributed by atoms with E-state index in [0.717, 1.165) is 24.4 Å². The van der Waals surface area contributed by atoms with Crippen molar-refractivity contribution in [1.82, 2.24) is 0 Å². The van der Waals surface area contributed by atoms with Gasteiger partial charge in [0, 0.05) is 6.42 Å². The molecule has 1 saturated carbocycles. The number of hydrogen-bond donors (Lipinski definition) is 0. The van der Waals surface area contributed by atoms with Gasteiger partial charge in [-0.15, -0.1) is 23.5 Å². The normalized spacial score (nSPS) is 37.0. The molecule has 3 aliphatic rings. The maximum atomic E-state index is 6.15. The van der Waals surface area contributed by atoms with Gasteiger partial charge in [-0.3, -0.25) is 0 Å². The average Bonchev–Trinajstić information content (AvgIpc) is 2.49. The van der Waals surface area contributed by atoms with E-state index >= 15 is 0 Å². The van der Waals surface area contributed by atoms with Crippen molar-refractivity contribution in [2.45, 2.75) is 51.9 Å². The second-order valence-corrected chi connectivity index (χ2v) is 8.86. The molecule has 3 fully saturated rings. The molecular weight excluding hydrogens is 272 g/mol. The number of allylic oxidation sites excluding steroid dienone is 1. The van der Waals surface area contributed by atoms with Crippen molar-refractivity contribution in [1.29, 1.82) is 0 Å². The first-order chi connectivity index (χ1) is 9.33. The predicted molar refractivity (Wildman–Crippen MR) is 86.4 cm³/mol. The predicted octanol–water partition coefficient (Wildman–Crippen LogP) is 5.28. The average molecular weight is 299 g/mol. The van der Waals surface area contributed by atoms with Gasteiger partial charge in [0.15, 0.2) is 0 Å². The Hall–Kier alpha value is 0.240. The van der Waals surface area contributed by atoms with Crippen LogP contribution in [0.5, 0.6) is 0 Å². The zero-order valence-corrected chi connectivity index (χ0v) is 13.7. The van der Waals surface area contributed by atoms with E-state index in [-0.39, 0.29) is 0 Å². The molecule has 1 atom stereocenters. The minimum Gasteiger partial charge on any atom is -0.496 e. The molecule has 3 rings (SSSR count). The van der Waals surface area contributed by atoms with Crippen molar-refractivity contribution in [3.8, 4) is 0 Å². The van der Waals surface area contributed by atoms with Crippen LogP contribution in [0.25, 0.3) is 0 Å². The van der Waals surface area contributed by atoms with Crippen molar-refractivity contribution in [2.24, 2.45) is 17.8 Å². The van der Waals surface area contributed by atoms with Crippen LogP contribution < -0.4 is 0 Å². The highest BCUT2D eigenvalue weighted by Crippen LogP contribution is 2.43. The molecule has 0 bridgehead atoms. The van der Waals surface area contributed by atoms with Gasteiger partial charge in [0.2, 0.25) is 0 Å². The molecule has 2 heterocycles. The molecule has 3 heteroatoms. The van der Waals surface area contributed by atoms with Crippen LogP contribution in [-0.4, -0.2) is 18.1 Å². The third kappa shape index (κ3) is 3.66. The molecule has 0 aromatic heterocycles. The summed E-state index contributed by atoms with van der Waals surface area (Å²) in [7, 11) is 0. The van der Waals surface area contributed by atoms with Crippen LogP contribution in [0.3, 0.4) is 0 Å². The van der Waals surface area contributed by atoms with Crippen molar-refractivity contribution in [3.63, 3.8) is 0 Å². The Labute approximate surface area is 126 Å². The molecule has 2 aliphatic heterocycles. The SMILES string of the molecule is CC1CCC(C2CCC(=C3SCCCS3)OC2)CC1. The van der Waals surface area contributed by atoms with Gasteiger partial charge >= 0.3 is 0 Å². The number of ether oxygens (including phenoxy) is 1.